The van der Waals surface area contributed by atoms with Crippen LogP contribution in [0.1, 0.15) is 31.9 Å². The molecule has 4 unspecified atom stereocenters. The summed E-state index contributed by atoms with van der Waals surface area (Å²) in [7, 11) is 1.68. The van der Waals surface area contributed by atoms with Crippen LogP contribution >= 0.6 is 11.8 Å². The molecule has 2 N–H and O–H groups in total. The zero-order chi connectivity index (χ0) is 13.8. The van der Waals surface area contributed by atoms with Crippen LogP contribution in [0.3, 0.4) is 0 Å². The molecule has 3 nitrogen and oxygen atoms in total. The fourth-order valence-corrected chi connectivity index (χ4v) is 3.76. The second kappa shape index (κ2) is 6.64. The molecule has 0 aliphatic carbocycles. The predicted molar refractivity (Wildman–Crippen MR) is 80.8 cm³/mol. The number of thioether (sulfide) groups is 1. The number of hydrogen-bond donors (Lipinski definition) is 1. The highest BCUT2D eigenvalue weighted by Crippen LogP contribution is 2.34. The molecular weight excluding hydrogens is 258 g/mol. The maximum atomic E-state index is 6.35. The third-order valence-electron chi connectivity index (χ3n) is 3.70. The quantitative estimate of drug-likeness (QED) is 0.901. The molecule has 1 heterocycles. The van der Waals surface area contributed by atoms with E-state index in [9.17, 15) is 0 Å². The number of hydrogen-bond acceptors (Lipinski definition) is 4. The number of methoxy groups -OCH3 is 1. The second-order valence-corrected chi connectivity index (χ2v) is 6.66. The molecule has 0 saturated carbocycles. The van der Waals surface area contributed by atoms with Crippen LogP contribution < -0.4 is 10.5 Å². The highest BCUT2D eigenvalue weighted by Gasteiger charge is 2.28. The van der Waals surface area contributed by atoms with Crippen molar-refractivity contribution in [2.75, 3.05) is 13.7 Å². The summed E-state index contributed by atoms with van der Waals surface area (Å²) in [6, 6.07) is 8.08. The van der Waals surface area contributed by atoms with E-state index in [0.29, 0.717) is 16.6 Å². The van der Waals surface area contributed by atoms with Crippen molar-refractivity contribution in [2.45, 2.75) is 42.9 Å². The Hall–Kier alpha value is -0.710. The SMILES string of the molecule is COc1ccc(C(N)C(C)SC2CCOC2C)cc1. The lowest BCUT2D eigenvalue weighted by Gasteiger charge is -2.24. The van der Waals surface area contributed by atoms with E-state index in [1.54, 1.807) is 7.11 Å². The highest BCUT2D eigenvalue weighted by molar-refractivity contribution is 8.00. The van der Waals surface area contributed by atoms with Gasteiger partial charge in [-0.2, -0.15) is 11.8 Å². The average molecular weight is 281 g/mol. The van der Waals surface area contributed by atoms with Gasteiger partial charge < -0.3 is 15.2 Å². The topological polar surface area (TPSA) is 44.5 Å². The minimum absolute atomic E-state index is 0.0451. The fraction of sp³-hybridized carbons (Fsp3) is 0.600. The Morgan fingerprint density at radius 1 is 1.37 bits per heavy atom. The first kappa shape index (κ1) is 14.7. The van der Waals surface area contributed by atoms with Gasteiger partial charge in [0.15, 0.2) is 0 Å². The number of benzene rings is 1. The van der Waals surface area contributed by atoms with Gasteiger partial charge in [0, 0.05) is 23.1 Å². The number of ether oxygens (including phenoxy) is 2. The molecule has 1 aromatic carbocycles. The minimum atomic E-state index is 0.0451. The van der Waals surface area contributed by atoms with E-state index in [1.165, 1.54) is 0 Å². The van der Waals surface area contributed by atoms with Gasteiger partial charge in [-0.15, -0.1) is 0 Å². The van der Waals surface area contributed by atoms with Crippen LogP contribution in [0, 0.1) is 0 Å². The Kier molecular flexibility index (Phi) is 5.13. The van der Waals surface area contributed by atoms with Crippen molar-refractivity contribution < 1.29 is 9.47 Å². The van der Waals surface area contributed by atoms with Crippen molar-refractivity contribution in [2.24, 2.45) is 5.73 Å². The lowest BCUT2D eigenvalue weighted by Crippen LogP contribution is -2.25. The summed E-state index contributed by atoms with van der Waals surface area (Å²) in [5.41, 5.74) is 7.51. The van der Waals surface area contributed by atoms with Crippen LogP contribution in [0.2, 0.25) is 0 Å². The lowest BCUT2D eigenvalue weighted by atomic mass is 10.1. The molecule has 0 bridgehead atoms. The van der Waals surface area contributed by atoms with E-state index in [4.69, 9.17) is 15.2 Å². The molecular formula is C15H23NO2S. The van der Waals surface area contributed by atoms with E-state index in [0.717, 1.165) is 24.3 Å². The summed E-state index contributed by atoms with van der Waals surface area (Å²) in [5, 5.41) is 0.946. The van der Waals surface area contributed by atoms with E-state index < -0.39 is 0 Å². The van der Waals surface area contributed by atoms with E-state index in [1.807, 2.05) is 23.9 Å². The van der Waals surface area contributed by atoms with Crippen LogP contribution in [0.25, 0.3) is 0 Å². The van der Waals surface area contributed by atoms with Gasteiger partial charge in [-0.05, 0) is 31.0 Å². The summed E-state index contributed by atoms with van der Waals surface area (Å²) in [6.45, 7) is 5.23. The molecule has 0 amide bonds. The van der Waals surface area contributed by atoms with Crippen molar-refractivity contribution in [3.8, 4) is 5.75 Å². The fourth-order valence-electron chi connectivity index (χ4n) is 2.35. The monoisotopic (exact) mass is 281 g/mol. The summed E-state index contributed by atoms with van der Waals surface area (Å²) in [4.78, 5) is 0. The molecule has 0 spiro atoms. The summed E-state index contributed by atoms with van der Waals surface area (Å²) < 4.78 is 10.8. The first-order valence-corrected chi connectivity index (χ1v) is 7.72. The van der Waals surface area contributed by atoms with Gasteiger partial charge >= 0.3 is 0 Å². The third-order valence-corrected chi connectivity index (χ3v) is 5.39. The summed E-state index contributed by atoms with van der Waals surface area (Å²) in [5.74, 6) is 0.870. The van der Waals surface area contributed by atoms with E-state index in [-0.39, 0.29) is 6.04 Å². The number of rotatable bonds is 5. The first-order chi connectivity index (χ1) is 9.11. The first-order valence-electron chi connectivity index (χ1n) is 6.78. The van der Waals surface area contributed by atoms with Gasteiger partial charge in [-0.3, -0.25) is 0 Å². The molecule has 1 aromatic rings. The van der Waals surface area contributed by atoms with Crippen molar-refractivity contribution in [3.63, 3.8) is 0 Å². The molecule has 4 atom stereocenters. The van der Waals surface area contributed by atoms with Gasteiger partial charge in [0.25, 0.3) is 0 Å². The van der Waals surface area contributed by atoms with Crippen LogP contribution in [0.5, 0.6) is 5.75 Å². The Balaban J connectivity index is 1.95. The van der Waals surface area contributed by atoms with Gasteiger partial charge in [0.05, 0.1) is 13.2 Å². The normalized spacial score (nSPS) is 26.1. The maximum absolute atomic E-state index is 6.35. The van der Waals surface area contributed by atoms with Gasteiger partial charge in [0.2, 0.25) is 0 Å². The molecule has 0 radical (unpaired) electrons. The van der Waals surface area contributed by atoms with Crippen LogP contribution in [0.4, 0.5) is 0 Å². The smallest absolute Gasteiger partial charge is 0.118 e. The van der Waals surface area contributed by atoms with Gasteiger partial charge in [-0.1, -0.05) is 19.1 Å². The Morgan fingerprint density at radius 3 is 2.58 bits per heavy atom. The highest BCUT2D eigenvalue weighted by atomic mass is 32.2. The zero-order valence-corrected chi connectivity index (χ0v) is 12.7. The van der Waals surface area contributed by atoms with E-state index in [2.05, 4.69) is 26.0 Å². The molecule has 19 heavy (non-hydrogen) atoms. The van der Waals surface area contributed by atoms with Gasteiger partial charge in [-0.25, -0.2) is 0 Å². The van der Waals surface area contributed by atoms with Crippen molar-refractivity contribution >= 4 is 11.8 Å². The zero-order valence-electron chi connectivity index (χ0n) is 11.8. The maximum Gasteiger partial charge on any atom is 0.118 e. The average Bonchev–Trinajstić information content (AvgIpc) is 2.83. The molecule has 0 aromatic heterocycles. The molecule has 1 aliphatic rings. The minimum Gasteiger partial charge on any atom is -0.497 e. The summed E-state index contributed by atoms with van der Waals surface area (Å²) in [6.07, 6.45) is 1.47. The summed E-state index contributed by atoms with van der Waals surface area (Å²) >= 11 is 1.95. The Bertz CT molecular complexity index is 396. The molecule has 1 fully saturated rings. The standard InChI is InChI=1S/C15H23NO2S/c1-10-14(8-9-18-10)19-11(2)15(16)12-4-6-13(17-3)7-5-12/h4-7,10-11,14-15H,8-9,16H2,1-3H3. The number of nitrogens with two attached hydrogens (primary N) is 1. The van der Waals surface area contributed by atoms with Crippen molar-refractivity contribution in [1.82, 2.24) is 0 Å². The second-order valence-electron chi connectivity index (χ2n) is 5.04. The largest absolute Gasteiger partial charge is 0.497 e. The lowest BCUT2D eigenvalue weighted by molar-refractivity contribution is 0.127. The molecule has 2 rings (SSSR count). The van der Waals surface area contributed by atoms with Crippen molar-refractivity contribution in [1.29, 1.82) is 0 Å². The van der Waals surface area contributed by atoms with Crippen LogP contribution in [0.15, 0.2) is 24.3 Å². The molecule has 1 aliphatic heterocycles. The third kappa shape index (κ3) is 3.65. The molecule has 106 valence electrons. The van der Waals surface area contributed by atoms with E-state index >= 15 is 0 Å². The van der Waals surface area contributed by atoms with Crippen LogP contribution in [-0.2, 0) is 4.74 Å². The van der Waals surface area contributed by atoms with Gasteiger partial charge in [0.1, 0.15) is 5.75 Å². The predicted octanol–water partition coefficient (Wildman–Crippen LogP) is 2.99. The Labute approximate surface area is 119 Å². The van der Waals surface area contributed by atoms with Crippen LogP contribution in [-0.4, -0.2) is 30.3 Å². The molecule has 4 heteroatoms. The van der Waals surface area contributed by atoms with Crippen molar-refractivity contribution in [3.05, 3.63) is 29.8 Å². The Morgan fingerprint density at radius 2 is 2.05 bits per heavy atom. The molecule has 1 saturated heterocycles.